The summed E-state index contributed by atoms with van der Waals surface area (Å²) in [6.07, 6.45) is 5.15. The highest BCUT2D eigenvalue weighted by molar-refractivity contribution is 9.10. The van der Waals surface area contributed by atoms with Gasteiger partial charge in [0.25, 0.3) is 0 Å². The molecule has 0 amide bonds. The first kappa shape index (κ1) is 15.9. The fourth-order valence-corrected chi connectivity index (χ4v) is 3.97. The van der Waals surface area contributed by atoms with Gasteiger partial charge in [-0.2, -0.15) is 0 Å². The van der Waals surface area contributed by atoms with E-state index in [9.17, 15) is 0 Å². The highest BCUT2D eigenvalue weighted by atomic mass is 79.9. The number of anilines is 1. The lowest BCUT2D eigenvalue weighted by atomic mass is 9.74. The highest BCUT2D eigenvalue weighted by Crippen LogP contribution is 2.36. The molecule has 0 aliphatic heterocycles. The first-order chi connectivity index (χ1) is 9.51. The van der Waals surface area contributed by atoms with Gasteiger partial charge in [-0.05, 0) is 60.8 Å². The van der Waals surface area contributed by atoms with Crippen molar-refractivity contribution in [3.8, 4) is 0 Å². The second-order valence-electron chi connectivity index (χ2n) is 6.73. The van der Waals surface area contributed by atoms with Crippen LogP contribution in [0.4, 0.5) is 5.69 Å². The van der Waals surface area contributed by atoms with Crippen molar-refractivity contribution in [3.63, 3.8) is 0 Å². The van der Waals surface area contributed by atoms with Crippen LogP contribution < -0.4 is 5.32 Å². The molecule has 3 unspecified atom stereocenters. The minimum Gasteiger partial charge on any atom is -0.382 e. The van der Waals surface area contributed by atoms with Crippen molar-refractivity contribution in [1.82, 2.24) is 0 Å². The Labute approximate surface area is 132 Å². The van der Waals surface area contributed by atoms with E-state index >= 15 is 0 Å². The number of nitrogens with one attached hydrogen (secondary N) is 1. The molecular formula is C18H28BrN. The largest absolute Gasteiger partial charge is 0.382 e. The van der Waals surface area contributed by atoms with Gasteiger partial charge in [-0.3, -0.25) is 0 Å². The Morgan fingerprint density at radius 1 is 1.30 bits per heavy atom. The van der Waals surface area contributed by atoms with Gasteiger partial charge in [-0.25, -0.2) is 0 Å². The van der Waals surface area contributed by atoms with Crippen molar-refractivity contribution in [2.45, 2.75) is 59.4 Å². The molecule has 1 fully saturated rings. The molecule has 1 aromatic carbocycles. The molecule has 0 heterocycles. The molecule has 1 aliphatic carbocycles. The first-order valence-corrected chi connectivity index (χ1v) is 8.85. The number of hydrogen-bond acceptors (Lipinski definition) is 1. The van der Waals surface area contributed by atoms with Gasteiger partial charge in [0.05, 0.1) is 0 Å². The first-order valence-electron chi connectivity index (χ1n) is 8.06. The molecule has 112 valence electrons. The van der Waals surface area contributed by atoms with Gasteiger partial charge in [-0.1, -0.05) is 50.0 Å². The summed E-state index contributed by atoms with van der Waals surface area (Å²) in [4.78, 5) is 0. The van der Waals surface area contributed by atoms with E-state index in [0.29, 0.717) is 6.04 Å². The van der Waals surface area contributed by atoms with Crippen molar-refractivity contribution in [1.29, 1.82) is 0 Å². The number of rotatable bonds is 4. The van der Waals surface area contributed by atoms with Gasteiger partial charge >= 0.3 is 0 Å². The Morgan fingerprint density at radius 3 is 2.70 bits per heavy atom. The molecule has 1 aromatic rings. The number of aryl methyl sites for hydroxylation is 1. The van der Waals surface area contributed by atoms with E-state index < -0.39 is 0 Å². The predicted molar refractivity (Wildman–Crippen MR) is 92.3 cm³/mol. The average molecular weight is 338 g/mol. The monoisotopic (exact) mass is 337 g/mol. The van der Waals surface area contributed by atoms with E-state index in [2.05, 4.69) is 67.1 Å². The Bertz CT molecular complexity index is 441. The predicted octanol–water partition coefficient (Wildman–Crippen LogP) is 5.88. The van der Waals surface area contributed by atoms with Gasteiger partial charge in [0.1, 0.15) is 0 Å². The molecule has 3 atom stereocenters. The van der Waals surface area contributed by atoms with Crippen LogP contribution >= 0.6 is 15.9 Å². The second kappa shape index (κ2) is 6.98. The molecule has 2 heteroatoms. The Hall–Kier alpha value is -0.500. The lowest BCUT2D eigenvalue weighted by Gasteiger charge is -2.38. The third kappa shape index (κ3) is 3.78. The molecular weight excluding hydrogens is 310 g/mol. The van der Waals surface area contributed by atoms with Crippen LogP contribution in [-0.4, -0.2) is 6.04 Å². The average Bonchev–Trinajstić information content (AvgIpc) is 2.40. The zero-order chi connectivity index (χ0) is 14.7. The molecule has 1 saturated carbocycles. The third-order valence-electron chi connectivity index (χ3n) is 4.81. The Kier molecular flexibility index (Phi) is 5.54. The van der Waals surface area contributed by atoms with Gasteiger partial charge in [0, 0.05) is 16.2 Å². The Morgan fingerprint density at radius 2 is 2.05 bits per heavy atom. The van der Waals surface area contributed by atoms with E-state index in [4.69, 9.17) is 0 Å². The fourth-order valence-electron chi connectivity index (χ4n) is 3.56. The van der Waals surface area contributed by atoms with Crippen LogP contribution in [0.2, 0.25) is 0 Å². The molecule has 0 bridgehead atoms. The van der Waals surface area contributed by atoms with Crippen molar-refractivity contribution < 1.29 is 0 Å². The van der Waals surface area contributed by atoms with Crippen LogP contribution in [0.5, 0.6) is 0 Å². The van der Waals surface area contributed by atoms with E-state index in [0.717, 1.165) is 24.2 Å². The van der Waals surface area contributed by atoms with Gasteiger partial charge in [-0.15, -0.1) is 0 Å². The van der Waals surface area contributed by atoms with Gasteiger partial charge in [0.2, 0.25) is 0 Å². The second-order valence-corrected chi connectivity index (χ2v) is 7.65. The van der Waals surface area contributed by atoms with E-state index in [-0.39, 0.29) is 0 Å². The molecule has 0 radical (unpaired) electrons. The van der Waals surface area contributed by atoms with Crippen LogP contribution in [0.1, 0.15) is 52.5 Å². The summed E-state index contributed by atoms with van der Waals surface area (Å²) >= 11 is 3.58. The molecule has 1 N–H and O–H groups in total. The van der Waals surface area contributed by atoms with Crippen molar-refractivity contribution in [3.05, 3.63) is 28.2 Å². The SMILES string of the molecule is CCc1cc(Br)ccc1NC1CC(C)CCC1C(C)C. The number of halogens is 1. The smallest absolute Gasteiger partial charge is 0.0375 e. The summed E-state index contributed by atoms with van der Waals surface area (Å²) in [5, 5.41) is 3.87. The molecule has 20 heavy (non-hydrogen) atoms. The normalized spacial score (nSPS) is 26.8. The lowest BCUT2D eigenvalue weighted by Crippen LogP contribution is -2.38. The lowest BCUT2D eigenvalue weighted by molar-refractivity contribution is 0.212. The zero-order valence-corrected chi connectivity index (χ0v) is 14.8. The van der Waals surface area contributed by atoms with Crippen LogP contribution in [0.3, 0.4) is 0 Å². The van der Waals surface area contributed by atoms with Crippen LogP contribution in [0, 0.1) is 17.8 Å². The molecule has 1 aliphatic rings. The Balaban J connectivity index is 2.17. The minimum absolute atomic E-state index is 0.630. The summed E-state index contributed by atoms with van der Waals surface area (Å²) in [5.41, 5.74) is 2.75. The maximum Gasteiger partial charge on any atom is 0.0375 e. The quantitative estimate of drug-likeness (QED) is 0.722. The summed E-state index contributed by atoms with van der Waals surface area (Å²) in [5.74, 6) is 2.42. The maximum atomic E-state index is 3.87. The number of benzene rings is 1. The molecule has 0 spiro atoms. The summed E-state index contributed by atoms with van der Waals surface area (Å²) < 4.78 is 1.18. The molecule has 1 nitrogen and oxygen atoms in total. The summed E-state index contributed by atoms with van der Waals surface area (Å²) in [6.45, 7) is 9.37. The topological polar surface area (TPSA) is 12.0 Å². The van der Waals surface area contributed by atoms with Crippen LogP contribution in [-0.2, 0) is 6.42 Å². The van der Waals surface area contributed by atoms with E-state index in [1.54, 1.807) is 0 Å². The summed E-state index contributed by atoms with van der Waals surface area (Å²) in [6, 6.07) is 7.27. The molecule has 0 saturated heterocycles. The third-order valence-corrected chi connectivity index (χ3v) is 5.30. The van der Waals surface area contributed by atoms with Gasteiger partial charge in [0.15, 0.2) is 0 Å². The van der Waals surface area contributed by atoms with E-state index in [1.807, 2.05) is 0 Å². The van der Waals surface area contributed by atoms with Crippen molar-refractivity contribution in [2.75, 3.05) is 5.32 Å². The maximum absolute atomic E-state index is 3.87. The fraction of sp³-hybridized carbons (Fsp3) is 0.667. The molecule has 2 rings (SSSR count). The minimum atomic E-state index is 0.630. The molecule has 0 aromatic heterocycles. The van der Waals surface area contributed by atoms with Crippen molar-refractivity contribution in [2.24, 2.45) is 17.8 Å². The van der Waals surface area contributed by atoms with Gasteiger partial charge < -0.3 is 5.32 Å². The standard InChI is InChI=1S/C18H28BrN/c1-5-14-11-15(19)7-9-17(14)20-18-10-13(4)6-8-16(18)12(2)3/h7,9,11-13,16,18,20H,5-6,8,10H2,1-4H3. The zero-order valence-electron chi connectivity index (χ0n) is 13.2. The summed E-state index contributed by atoms with van der Waals surface area (Å²) in [7, 11) is 0. The van der Waals surface area contributed by atoms with E-state index in [1.165, 1.54) is 35.0 Å². The van der Waals surface area contributed by atoms with Crippen molar-refractivity contribution >= 4 is 21.6 Å². The number of hydrogen-bond donors (Lipinski definition) is 1. The highest BCUT2D eigenvalue weighted by Gasteiger charge is 2.30. The van der Waals surface area contributed by atoms with Crippen LogP contribution in [0.25, 0.3) is 0 Å². The van der Waals surface area contributed by atoms with Crippen LogP contribution in [0.15, 0.2) is 22.7 Å².